The Bertz CT molecular complexity index is 622. The number of H-pyrrole nitrogens is 1. The minimum absolute atomic E-state index is 0.127. The van der Waals surface area contributed by atoms with Crippen LogP contribution in [0, 0.1) is 0 Å². The van der Waals surface area contributed by atoms with Crippen molar-refractivity contribution in [3.8, 4) is 0 Å². The summed E-state index contributed by atoms with van der Waals surface area (Å²) in [6.45, 7) is 0. The van der Waals surface area contributed by atoms with Crippen LogP contribution in [0.2, 0.25) is 5.28 Å². The van der Waals surface area contributed by atoms with Gasteiger partial charge in [-0.2, -0.15) is 5.10 Å². The molecule has 0 atom stereocenters. The zero-order chi connectivity index (χ0) is 14.3. The van der Waals surface area contributed by atoms with Crippen LogP contribution in [0.15, 0.2) is 18.3 Å². The lowest BCUT2D eigenvalue weighted by Crippen LogP contribution is -2.33. The predicted octanol–water partition coefficient (Wildman–Crippen LogP) is 3.13. The van der Waals surface area contributed by atoms with Gasteiger partial charge in [0.25, 0.3) is 0 Å². The van der Waals surface area contributed by atoms with Crippen molar-refractivity contribution in [3.63, 3.8) is 0 Å². The van der Waals surface area contributed by atoms with E-state index in [-0.39, 0.29) is 24.0 Å². The molecule has 2 heterocycles. The fourth-order valence-electron chi connectivity index (χ4n) is 2.22. The van der Waals surface area contributed by atoms with Crippen LogP contribution in [-0.4, -0.2) is 33.1 Å². The standard InChI is InChI=1S/C12H12ClF2N5/c1-20(9-2-3-16-11(13)17-9)10-4-8(18-19-10)7-5-12(14,15)6-7/h2-4,7H,5-6H2,1H3,(H,18,19). The van der Waals surface area contributed by atoms with Crippen molar-refractivity contribution in [2.45, 2.75) is 24.7 Å². The highest BCUT2D eigenvalue weighted by Gasteiger charge is 2.46. The Morgan fingerprint density at radius 1 is 1.40 bits per heavy atom. The van der Waals surface area contributed by atoms with E-state index in [0.29, 0.717) is 11.6 Å². The maximum atomic E-state index is 12.9. The third-order valence-corrected chi connectivity index (χ3v) is 3.59. The van der Waals surface area contributed by atoms with Crippen molar-refractivity contribution in [3.05, 3.63) is 29.3 Å². The fourth-order valence-corrected chi connectivity index (χ4v) is 2.36. The van der Waals surface area contributed by atoms with Gasteiger partial charge in [-0.25, -0.2) is 18.7 Å². The normalized spacial score (nSPS) is 17.8. The van der Waals surface area contributed by atoms with E-state index in [9.17, 15) is 8.78 Å². The first-order chi connectivity index (χ1) is 9.44. The summed E-state index contributed by atoms with van der Waals surface area (Å²) in [5, 5.41) is 7.08. The van der Waals surface area contributed by atoms with Crippen molar-refractivity contribution in [1.29, 1.82) is 0 Å². The monoisotopic (exact) mass is 299 g/mol. The quantitative estimate of drug-likeness (QED) is 0.885. The number of nitrogens with zero attached hydrogens (tertiary/aromatic N) is 4. The van der Waals surface area contributed by atoms with Gasteiger partial charge < -0.3 is 4.90 Å². The lowest BCUT2D eigenvalue weighted by atomic mass is 9.79. The molecule has 1 saturated carbocycles. The van der Waals surface area contributed by atoms with Crippen molar-refractivity contribution in [2.24, 2.45) is 0 Å². The lowest BCUT2D eigenvalue weighted by molar-refractivity contribution is -0.0876. The zero-order valence-corrected chi connectivity index (χ0v) is 11.4. The van der Waals surface area contributed by atoms with Crippen molar-refractivity contribution in [1.82, 2.24) is 20.2 Å². The Balaban J connectivity index is 1.77. The van der Waals surface area contributed by atoms with Gasteiger partial charge in [0.15, 0.2) is 5.82 Å². The van der Waals surface area contributed by atoms with Gasteiger partial charge in [0, 0.05) is 43.8 Å². The molecule has 0 aliphatic heterocycles. The number of alkyl halides is 2. The molecular weight excluding hydrogens is 288 g/mol. The molecule has 0 spiro atoms. The van der Waals surface area contributed by atoms with Crippen LogP contribution in [0.4, 0.5) is 20.4 Å². The van der Waals surface area contributed by atoms with E-state index in [0.717, 1.165) is 5.69 Å². The Morgan fingerprint density at radius 3 is 2.80 bits per heavy atom. The van der Waals surface area contributed by atoms with E-state index in [1.807, 2.05) is 0 Å². The van der Waals surface area contributed by atoms with Crippen LogP contribution in [0.25, 0.3) is 0 Å². The van der Waals surface area contributed by atoms with E-state index in [2.05, 4.69) is 20.2 Å². The number of aromatic nitrogens is 4. The fraction of sp³-hybridized carbons (Fsp3) is 0.417. The maximum absolute atomic E-state index is 12.9. The number of rotatable bonds is 3. The number of hydrogen-bond donors (Lipinski definition) is 1. The third kappa shape index (κ3) is 2.45. The zero-order valence-electron chi connectivity index (χ0n) is 10.6. The Kier molecular flexibility index (Phi) is 3.08. The highest BCUT2D eigenvalue weighted by molar-refractivity contribution is 6.28. The van der Waals surface area contributed by atoms with Gasteiger partial charge in [0.05, 0.1) is 0 Å². The first-order valence-electron chi connectivity index (χ1n) is 6.10. The highest BCUT2D eigenvalue weighted by atomic mass is 35.5. The molecular formula is C12H12ClF2N5. The molecule has 2 aromatic rings. The molecule has 5 nitrogen and oxygen atoms in total. The molecule has 0 radical (unpaired) electrons. The Hall–Kier alpha value is -1.76. The molecule has 8 heteroatoms. The van der Waals surface area contributed by atoms with Gasteiger partial charge >= 0.3 is 0 Å². The molecule has 1 aliphatic rings. The lowest BCUT2D eigenvalue weighted by Gasteiger charge is -2.33. The van der Waals surface area contributed by atoms with E-state index in [1.165, 1.54) is 0 Å². The minimum atomic E-state index is -2.54. The smallest absolute Gasteiger partial charge is 0.249 e. The average Bonchev–Trinajstić information content (AvgIpc) is 2.84. The van der Waals surface area contributed by atoms with Gasteiger partial charge in [0.1, 0.15) is 5.82 Å². The number of aromatic amines is 1. The van der Waals surface area contributed by atoms with E-state index in [1.54, 1.807) is 30.3 Å². The Labute approximate surface area is 119 Å². The van der Waals surface area contributed by atoms with Crippen LogP contribution >= 0.6 is 11.6 Å². The maximum Gasteiger partial charge on any atom is 0.249 e. The largest absolute Gasteiger partial charge is 0.313 e. The van der Waals surface area contributed by atoms with Gasteiger partial charge in [-0.05, 0) is 17.7 Å². The molecule has 3 rings (SSSR count). The van der Waals surface area contributed by atoms with Crippen LogP contribution in [0.5, 0.6) is 0 Å². The summed E-state index contributed by atoms with van der Waals surface area (Å²) in [6.07, 6.45) is 1.29. The molecule has 0 amide bonds. The first-order valence-corrected chi connectivity index (χ1v) is 6.48. The number of anilines is 2. The Morgan fingerprint density at radius 2 is 2.15 bits per heavy atom. The van der Waals surface area contributed by atoms with Crippen molar-refractivity contribution >= 4 is 23.2 Å². The SMILES string of the molecule is CN(c1cc(C2CC(F)(F)C2)[nH]n1)c1ccnc(Cl)n1. The van der Waals surface area contributed by atoms with E-state index >= 15 is 0 Å². The second-order valence-corrected chi connectivity index (χ2v) is 5.22. The van der Waals surface area contributed by atoms with Crippen molar-refractivity contribution < 1.29 is 8.78 Å². The van der Waals surface area contributed by atoms with Crippen LogP contribution < -0.4 is 4.90 Å². The predicted molar refractivity (Wildman–Crippen MR) is 70.6 cm³/mol. The van der Waals surface area contributed by atoms with Gasteiger partial charge in [-0.15, -0.1) is 0 Å². The molecule has 1 N–H and O–H groups in total. The van der Waals surface area contributed by atoms with Crippen LogP contribution in [0.3, 0.4) is 0 Å². The summed E-state index contributed by atoms with van der Waals surface area (Å²) in [5.41, 5.74) is 0.720. The number of halogens is 3. The molecule has 0 bridgehead atoms. The second kappa shape index (κ2) is 4.66. The molecule has 20 heavy (non-hydrogen) atoms. The summed E-state index contributed by atoms with van der Waals surface area (Å²) in [4.78, 5) is 9.58. The number of nitrogens with one attached hydrogen (secondary N) is 1. The summed E-state index contributed by atoms with van der Waals surface area (Å²) in [7, 11) is 1.77. The molecule has 0 aromatic carbocycles. The van der Waals surface area contributed by atoms with Gasteiger partial charge in [-0.1, -0.05) is 0 Å². The number of hydrogen-bond acceptors (Lipinski definition) is 4. The summed E-state index contributed by atoms with van der Waals surface area (Å²) in [5.74, 6) is -1.51. The van der Waals surface area contributed by atoms with Gasteiger partial charge in [-0.3, -0.25) is 5.10 Å². The molecule has 0 saturated heterocycles. The van der Waals surface area contributed by atoms with Gasteiger partial charge in [0.2, 0.25) is 11.2 Å². The summed E-state index contributed by atoms with van der Waals surface area (Å²) in [6, 6.07) is 3.45. The topological polar surface area (TPSA) is 57.7 Å². The first kappa shape index (κ1) is 13.2. The minimum Gasteiger partial charge on any atom is -0.313 e. The summed E-state index contributed by atoms with van der Waals surface area (Å²) >= 11 is 5.73. The van der Waals surface area contributed by atoms with E-state index < -0.39 is 5.92 Å². The third-order valence-electron chi connectivity index (χ3n) is 3.41. The van der Waals surface area contributed by atoms with Crippen LogP contribution in [-0.2, 0) is 0 Å². The van der Waals surface area contributed by atoms with Crippen molar-refractivity contribution in [2.75, 3.05) is 11.9 Å². The highest BCUT2D eigenvalue weighted by Crippen LogP contribution is 2.48. The molecule has 1 aliphatic carbocycles. The van der Waals surface area contributed by atoms with E-state index in [4.69, 9.17) is 11.6 Å². The molecule has 2 aromatic heterocycles. The molecule has 1 fully saturated rings. The molecule has 0 unspecified atom stereocenters. The van der Waals surface area contributed by atoms with Crippen LogP contribution in [0.1, 0.15) is 24.5 Å². The average molecular weight is 300 g/mol. The second-order valence-electron chi connectivity index (χ2n) is 4.89. The molecule has 106 valence electrons. The summed E-state index contributed by atoms with van der Waals surface area (Å²) < 4.78 is 25.7.